The van der Waals surface area contributed by atoms with Crippen LogP contribution in [-0.2, 0) is 4.74 Å². The van der Waals surface area contributed by atoms with Crippen LogP contribution in [0, 0.1) is 6.92 Å². The molecule has 16 heavy (non-hydrogen) atoms. The first-order chi connectivity index (χ1) is 7.74. The highest BCUT2D eigenvalue weighted by Crippen LogP contribution is 2.35. The molecule has 1 atom stereocenters. The summed E-state index contributed by atoms with van der Waals surface area (Å²) in [4.78, 5) is 0. The minimum Gasteiger partial charge on any atom is -0.497 e. The second kappa shape index (κ2) is 4.61. The number of ether oxygens (including phenoxy) is 4. The van der Waals surface area contributed by atoms with E-state index in [4.69, 9.17) is 18.9 Å². The average molecular weight is 224 g/mol. The van der Waals surface area contributed by atoms with Gasteiger partial charge in [0.1, 0.15) is 18.5 Å². The molecule has 0 radical (unpaired) electrons. The molecule has 1 aliphatic rings. The molecule has 0 saturated carbocycles. The Morgan fingerprint density at radius 3 is 2.62 bits per heavy atom. The van der Waals surface area contributed by atoms with Crippen LogP contribution in [0.15, 0.2) is 12.1 Å². The van der Waals surface area contributed by atoms with Crippen molar-refractivity contribution >= 4 is 0 Å². The molecule has 0 bridgehead atoms. The Morgan fingerprint density at radius 2 is 2.06 bits per heavy atom. The topological polar surface area (TPSA) is 40.2 Å². The van der Waals surface area contributed by atoms with E-state index in [1.165, 1.54) is 0 Å². The van der Waals surface area contributed by atoms with Crippen LogP contribution in [0.5, 0.6) is 17.2 Å². The van der Waals surface area contributed by atoms with Crippen molar-refractivity contribution in [2.24, 2.45) is 0 Å². The van der Waals surface area contributed by atoms with Gasteiger partial charge in [-0.1, -0.05) is 0 Å². The molecule has 88 valence electrons. The van der Waals surface area contributed by atoms with Crippen molar-refractivity contribution in [2.45, 2.75) is 13.0 Å². The second-order valence-corrected chi connectivity index (χ2v) is 3.74. The number of methoxy groups -OCH3 is 2. The van der Waals surface area contributed by atoms with Crippen molar-refractivity contribution in [3.05, 3.63) is 17.7 Å². The predicted octanol–water partition coefficient (Wildman–Crippen LogP) is 1.79. The normalized spacial score (nSPS) is 18.1. The van der Waals surface area contributed by atoms with Crippen LogP contribution in [0.4, 0.5) is 0 Å². The van der Waals surface area contributed by atoms with Gasteiger partial charge in [0.15, 0.2) is 11.5 Å². The van der Waals surface area contributed by atoms with Gasteiger partial charge in [-0.2, -0.15) is 0 Å². The second-order valence-electron chi connectivity index (χ2n) is 3.74. The lowest BCUT2D eigenvalue weighted by atomic mass is 10.2. The molecular weight excluding hydrogens is 208 g/mol. The van der Waals surface area contributed by atoms with Gasteiger partial charge in [0.05, 0.1) is 20.8 Å². The number of rotatable bonds is 5. The lowest BCUT2D eigenvalue weighted by Gasteiger charge is -2.14. The first-order valence-corrected chi connectivity index (χ1v) is 5.21. The fraction of sp³-hybridized carbons (Fsp3) is 0.500. The number of epoxide rings is 1. The smallest absolute Gasteiger partial charge is 0.164 e. The zero-order valence-electron chi connectivity index (χ0n) is 9.78. The number of hydrogen-bond acceptors (Lipinski definition) is 4. The molecule has 0 spiro atoms. The molecule has 0 aliphatic carbocycles. The summed E-state index contributed by atoms with van der Waals surface area (Å²) >= 11 is 0. The Hall–Kier alpha value is -1.42. The van der Waals surface area contributed by atoms with Gasteiger partial charge in [-0.05, 0) is 18.6 Å². The van der Waals surface area contributed by atoms with Crippen molar-refractivity contribution in [3.8, 4) is 17.2 Å². The highest BCUT2D eigenvalue weighted by atomic mass is 16.6. The van der Waals surface area contributed by atoms with Crippen molar-refractivity contribution in [1.29, 1.82) is 0 Å². The zero-order chi connectivity index (χ0) is 11.5. The summed E-state index contributed by atoms with van der Waals surface area (Å²) in [5, 5.41) is 0. The highest BCUT2D eigenvalue weighted by Gasteiger charge is 2.24. The molecule has 0 N–H and O–H groups in total. The quantitative estimate of drug-likeness (QED) is 0.715. The molecule has 1 aromatic rings. The van der Waals surface area contributed by atoms with Crippen LogP contribution in [0.3, 0.4) is 0 Å². The largest absolute Gasteiger partial charge is 0.497 e. The van der Waals surface area contributed by atoms with Gasteiger partial charge in [-0.15, -0.1) is 0 Å². The van der Waals surface area contributed by atoms with Crippen molar-refractivity contribution < 1.29 is 18.9 Å². The Kier molecular flexibility index (Phi) is 3.19. The fourth-order valence-electron chi connectivity index (χ4n) is 1.50. The van der Waals surface area contributed by atoms with Crippen molar-refractivity contribution in [3.63, 3.8) is 0 Å². The lowest BCUT2D eigenvalue weighted by Crippen LogP contribution is -2.06. The highest BCUT2D eigenvalue weighted by molar-refractivity contribution is 5.51. The molecule has 1 saturated heterocycles. The molecule has 4 nitrogen and oxygen atoms in total. The summed E-state index contributed by atoms with van der Waals surface area (Å²) in [7, 11) is 3.25. The third-order valence-electron chi connectivity index (χ3n) is 2.49. The summed E-state index contributed by atoms with van der Waals surface area (Å²) in [6.45, 7) is 3.33. The summed E-state index contributed by atoms with van der Waals surface area (Å²) < 4.78 is 21.2. The standard InChI is InChI=1S/C12H16O4/c1-8-4-9(13-2)5-11(14-3)12(8)16-7-10-6-15-10/h4-5,10H,6-7H2,1-3H3. The summed E-state index contributed by atoms with van der Waals surface area (Å²) in [6, 6.07) is 3.74. The molecular formula is C12H16O4. The maximum atomic E-state index is 5.68. The van der Waals surface area contributed by atoms with E-state index in [0.29, 0.717) is 12.4 Å². The fourth-order valence-corrected chi connectivity index (χ4v) is 1.50. The maximum absolute atomic E-state index is 5.68. The molecule has 0 amide bonds. The van der Waals surface area contributed by atoms with E-state index < -0.39 is 0 Å². The zero-order valence-corrected chi connectivity index (χ0v) is 9.78. The van der Waals surface area contributed by atoms with Crippen LogP contribution >= 0.6 is 0 Å². The average Bonchev–Trinajstić information content (AvgIpc) is 3.10. The molecule has 1 aromatic carbocycles. The maximum Gasteiger partial charge on any atom is 0.164 e. The number of hydrogen-bond donors (Lipinski definition) is 0. The molecule has 1 unspecified atom stereocenters. The third kappa shape index (κ3) is 2.39. The Labute approximate surface area is 95.1 Å². The van der Waals surface area contributed by atoms with Gasteiger partial charge < -0.3 is 18.9 Å². The number of aryl methyl sites for hydroxylation is 1. The van der Waals surface area contributed by atoms with E-state index in [9.17, 15) is 0 Å². The van der Waals surface area contributed by atoms with Gasteiger partial charge in [-0.25, -0.2) is 0 Å². The third-order valence-corrected chi connectivity index (χ3v) is 2.49. The molecule has 4 heteroatoms. The van der Waals surface area contributed by atoms with Crippen molar-refractivity contribution in [2.75, 3.05) is 27.4 Å². The van der Waals surface area contributed by atoms with E-state index in [1.54, 1.807) is 14.2 Å². The molecule has 1 aliphatic heterocycles. The lowest BCUT2D eigenvalue weighted by molar-refractivity contribution is 0.250. The van der Waals surface area contributed by atoms with E-state index in [1.807, 2.05) is 19.1 Å². The van der Waals surface area contributed by atoms with Gasteiger partial charge in [-0.3, -0.25) is 0 Å². The van der Waals surface area contributed by atoms with E-state index >= 15 is 0 Å². The Morgan fingerprint density at radius 1 is 1.31 bits per heavy atom. The summed E-state index contributed by atoms with van der Waals surface area (Å²) in [6.07, 6.45) is 0.242. The number of benzene rings is 1. The van der Waals surface area contributed by atoms with Gasteiger partial charge in [0, 0.05) is 6.07 Å². The van der Waals surface area contributed by atoms with E-state index in [0.717, 1.165) is 23.7 Å². The summed E-state index contributed by atoms with van der Waals surface area (Å²) in [5.41, 5.74) is 0.997. The Bertz CT molecular complexity index is 372. The van der Waals surface area contributed by atoms with Gasteiger partial charge in [0.2, 0.25) is 0 Å². The van der Waals surface area contributed by atoms with Crippen molar-refractivity contribution in [1.82, 2.24) is 0 Å². The van der Waals surface area contributed by atoms with Crippen LogP contribution in [-0.4, -0.2) is 33.5 Å². The Balaban J connectivity index is 2.18. The van der Waals surface area contributed by atoms with E-state index in [2.05, 4.69) is 0 Å². The minimum atomic E-state index is 0.242. The van der Waals surface area contributed by atoms with E-state index in [-0.39, 0.29) is 6.10 Å². The molecule has 1 fully saturated rings. The van der Waals surface area contributed by atoms with Crippen LogP contribution in [0.1, 0.15) is 5.56 Å². The van der Waals surface area contributed by atoms with Gasteiger partial charge >= 0.3 is 0 Å². The van der Waals surface area contributed by atoms with Gasteiger partial charge in [0.25, 0.3) is 0 Å². The molecule has 2 rings (SSSR count). The first-order valence-electron chi connectivity index (χ1n) is 5.21. The molecule has 0 aromatic heterocycles. The predicted molar refractivity (Wildman–Crippen MR) is 59.5 cm³/mol. The minimum absolute atomic E-state index is 0.242. The molecule has 1 heterocycles. The monoisotopic (exact) mass is 224 g/mol. The van der Waals surface area contributed by atoms with Crippen LogP contribution in [0.2, 0.25) is 0 Å². The summed E-state index contributed by atoms with van der Waals surface area (Å²) in [5.74, 6) is 2.22. The first kappa shape index (κ1) is 11.1. The van der Waals surface area contributed by atoms with Crippen LogP contribution < -0.4 is 14.2 Å². The SMILES string of the molecule is COc1cc(C)c(OCC2CO2)c(OC)c1. The van der Waals surface area contributed by atoms with Crippen LogP contribution in [0.25, 0.3) is 0 Å².